The quantitative estimate of drug-likeness (QED) is 0.654. The molecule has 3 aromatic rings. The van der Waals surface area contributed by atoms with Gasteiger partial charge in [-0.3, -0.25) is 0 Å². The number of fused-ring (bicyclic) bond motifs is 5. The van der Waals surface area contributed by atoms with E-state index in [2.05, 4.69) is 15.0 Å². The van der Waals surface area contributed by atoms with Crippen LogP contribution in [0.15, 0.2) is 6.33 Å². The normalized spacial score (nSPS) is 14.9. The second-order valence-corrected chi connectivity index (χ2v) is 5.88. The van der Waals surface area contributed by atoms with Crippen LogP contribution in [0.2, 0.25) is 0 Å². The van der Waals surface area contributed by atoms with Crippen molar-refractivity contribution in [2.75, 3.05) is 11.5 Å². The van der Waals surface area contributed by atoms with Gasteiger partial charge in [0.15, 0.2) is 0 Å². The predicted octanol–water partition coefficient (Wildman–Crippen LogP) is 2.28. The first kappa shape index (κ1) is 10.9. The molecular formula is C13H13N5S. The molecule has 0 aromatic carbocycles. The van der Waals surface area contributed by atoms with Crippen LogP contribution in [0.25, 0.3) is 20.4 Å². The van der Waals surface area contributed by atoms with Gasteiger partial charge in [0.2, 0.25) is 0 Å². The maximum absolute atomic E-state index is 6.10. The Morgan fingerprint density at radius 3 is 2.63 bits per heavy atom. The second-order valence-electron chi connectivity index (χ2n) is 4.88. The van der Waals surface area contributed by atoms with Gasteiger partial charge in [-0.1, -0.05) is 0 Å². The first-order valence-electron chi connectivity index (χ1n) is 6.35. The summed E-state index contributed by atoms with van der Waals surface area (Å²) < 4.78 is 0.920. The summed E-state index contributed by atoms with van der Waals surface area (Å²) in [5.74, 6) is 1.19. The van der Waals surface area contributed by atoms with E-state index in [1.54, 1.807) is 0 Å². The molecule has 0 spiro atoms. The SMILES string of the molecule is Nc1nc2sc3c(N)ncnc3c2c2c1CCCC2. The molecule has 0 saturated carbocycles. The van der Waals surface area contributed by atoms with Gasteiger partial charge < -0.3 is 11.5 Å². The molecule has 5 nitrogen and oxygen atoms in total. The highest BCUT2D eigenvalue weighted by atomic mass is 32.1. The van der Waals surface area contributed by atoms with E-state index in [-0.39, 0.29) is 0 Å². The topological polar surface area (TPSA) is 90.7 Å². The average Bonchev–Trinajstić information content (AvgIpc) is 2.79. The Hall–Kier alpha value is -1.95. The van der Waals surface area contributed by atoms with Crippen molar-refractivity contribution in [1.29, 1.82) is 0 Å². The number of nitrogens with zero attached hydrogens (tertiary/aromatic N) is 3. The molecule has 0 aliphatic heterocycles. The van der Waals surface area contributed by atoms with Crippen molar-refractivity contribution in [3.63, 3.8) is 0 Å². The van der Waals surface area contributed by atoms with Gasteiger partial charge in [-0.15, -0.1) is 11.3 Å². The summed E-state index contributed by atoms with van der Waals surface area (Å²) in [6.45, 7) is 0. The summed E-state index contributed by atoms with van der Waals surface area (Å²) in [6.07, 6.45) is 5.97. The molecule has 0 atom stereocenters. The Bertz CT molecular complexity index is 808. The van der Waals surface area contributed by atoms with Crippen LogP contribution in [0.4, 0.5) is 11.6 Å². The number of aryl methyl sites for hydroxylation is 1. The van der Waals surface area contributed by atoms with Gasteiger partial charge in [0.1, 0.15) is 22.8 Å². The predicted molar refractivity (Wildman–Crippen MR) is 78.2 cm³/mol. The fourth-order valence-corrected chi connectivity index (χ4v) is 3.97. The fourth-order valence-electron chi connectivity index (χ4n) is 2.91. The Labute approximate surface area is 113 Å². The van der Waals surface area contributed by atoms with E-state index in [0.29, 0.717) is 11.6 Å². The molecule has 3 aromatic heterocycles. The van der Waals surface area contributed by atoms with E-state index < -0.39 is 0 Å². The molecule has 0 saturated heterocycles. The first-order chi connectivity index (χ1) is 9.25. The standard InChI is InChI=1S/C13H13N5S/c14-11-7-4-2-1-3-6(7)8-9-10(19-13(8)18-11)12(15)17-5-16-9/h5H,1-4H2,(H2,14,18)(H2,15,16,17). The van der Waals surface area contributed by atoms with Gasteiger partial charge in [-0.2, -0.15) is 0 Å². The number of anilines is 2. The van der Waals surface area contributed by atoms with E-state index >= 15 is 0 Å². The first-order valence-corrected chi connectivity index (χ1v) is 7.17. The van der Waals surface area contributed by atoms with Crippen molar-refractivity contribution in [2.45, 2.75) is 25.7 Å². The molecule has 19 heavy (non-hydrogen) atoms. The number of aromatic nitrogens is 3. The van der Waals surface area contributed by atoms with Crippen molar-refractivity contribution >= 4 is 43.4 Å². The number of nitrogen functional groups attached to an aromatic ring is 2. The lowest BCUT2D eigenvalue weighted by atomic mass is 9.90. The molecule has 0 radical (unpaired) electrons. The Balaban J connectivity index is 2.22. The summed E-state index contributed by atoms with van der Waals surface area (Å²) in [7, 11) is 0. The number of hydrogen-bond donors (Lipinski definition) is 2. The van der Waals surface area contributed by atoms with E-state index in [1.807, 2.05) is 0 Å². The third-order valence-electron chi connectivity index (χ3n) is 3.78. The Morgan fingerprint density at radius 2 is 1.79 bits per heavy atom. The maximum atomic E-state index is 6.10. The minimum absolute atomic E-state index is 0.524. The lowest BCUT2D eigenvalue weighted by molar-refractivity contribution is 0.690. The van der Waals surface area contributed by atoms with Crippen LogP contribution in [0, 0.1) is 0 Å². The lowest BCUT2D eigenvalue weighted by Crippen LogP contribution is -2.08. The van der Waals surface area contributed by atoms with Gasteiger partial charge in [0, 0.05) is 5.39 Å². The molecule has 1 aliphatic carbocycles. The molecule has 96 valence electrons. The summed E-state index contributed by atoms with van der Waals surface area (Å²) >= 11 is 1.53. The van der Waals surface area contributed by atoms with E-state index in [9.17, 15) is 0 Å². The summed E-state index contributed by atoms with van der Waals surface area (Å²) in [5, 5.41) is 1.14. The van der Waals surface area contributed by atoms with Gasteiger partial charge >= 0.3 is 0 Å². The summed E-state index contributed by atoms with van der Waals surface area (Å²) in [4.78, 5) is 13.9. The summed E-state index contributed by atoms with van der Waals surface area (Å²) in [6, 6.07) is 0. The fraction of sp³-hybridized carbons (Fsp3) is 0.308. The Morgan fingerprint density at radius 1 is 1.00 bits per heavy atom. The van der Waals surface area contributed by atoms with Crippen LogP contribution in [-0.2, 0) is 12.8 Å². The van der Waals surface area contributed by atoms with Gasteiger partial charge in [0.05, 0.1) is 10.2 Å². The zero-order valence-electron chi connectivity index (χ0n) is 10.3. The highest BCUT2D eigenvalue weighted by Crippen LogP contribution is 2.40. The third-order valence-corrected chi connectivity index (χ3v) is 4.88. The van der Waals surface area contributed by atoms with E-state index in [4.69, 9.17) is 11.5 Å². The highest BCUT2D eigenvalue weighted by Gasteiger charge is 2.21. The molecule has 3 heterocycles. The monoisotopic (exact) mass is 271 g/mol. The van der Waals surface area contributed by atoms with Gasteiger partial charge in [0.25, 0.3) is 0 Å². The second kappa shape index (κ2) is 3.77. The highest BCUT2D eigenvalue weighted by molar-refractivity contribution is 7.26. The van der Waals surface area contributed by atoms with E-state index in [0.717, 1.165) is 33.3 Å². The van der Waals surface area contributed by atoms with Crippen molar-refractivity contribution in [2.24, 2.45) is 0 Å². The van der Waals surface area contributed by atoms with Crippen molar-refractivity contribution in [3.05, 3.63) is 17.5 Å². The van der Waals surface area contributed by atoms with Crippen LogP contribution in [0.5, 0.6) is 0 Å². The number of pyridine rings is 1. The average molecular weight is 271 g/mol. The van der Waals surface area contributed by atoms with Crippen molar-refractivity contribution in [3.8, 4) is 0 Å². The summed E-state index contributed by atoms with van der Waals surface area (Å²) in [5.41, 5.74) is 15.5. The number of thiophene rings is 1. The van der Waals surface area contributed by atoms with Crippen LogP contribution in [0.3, 0.4) is 0 Å². The molecule has 4 N–H and O–H groups in total. The Kier molecular flexibility index (Phi) is 2.17. The van der Waals surface area contributed by atoms with Gasteiger partial charge in [-0.25, -0.2) is 15.0 Å². The molecule has 4 rings (SSSR count). The largest absolute Gasteiger partial charge is 0.383 e. The number of nitrogens with two attached hydrogens (primary N) is 2. The molecule has 0 unspecified atom stereocenters. The van der Waals surface area contributed by atoms with E-state index in [1.165, 1.54) is 41.6 Å². The van der Waals surface area contributed by atoms with Gasteiger partial charge in [-0.05, 0) is 36.8 Å². The third kappa shape index (κ3) is 1.43. The van der Waals surface area contributed by atoms with Crippen molar-refractivity contribution < 1.29 is 0 Å². The number of hydrogen-bond acceptors (Lipinski definition) is 6. The zero-order chi connectivity index (χ0) is 13.0. The minimum atomic E-state index is 0.524. The molecule has 0 bridgehead atoms. The minimum Gasteiger partial charge on any atom is -0.383 e. The zero-order valence-corrected chi connectivity index (χ0v) is 11.1. The van der Waals surface area contributed by atoms with Crippen LogP contribution in [-0.4, -0.2) is 15.0 Å². The molecule has 0 amide bonds. The lowest BCUT2D eigenvalue weighted by Gasteiger charge is -2.17. The van der Waals surface area contributed by atoms with Crippen molar-refractivity contribution in [1.82, 2.24) is 15.0 Å². The van der Waals surface area contributed by atoms with Crippen LogP contribution < -0.4 is 11.5 Å². The number of rotatable bonds is 0. The molecular weight excluding hydrogens is 258 g/mol. The molecule has 0 fully saturated rings. The van der Waals surface area contributed by atoms with Crippen LogP contribution in [0.1, 0.15) is 24.0 Å². The van der Waals surface area contributed by atoms with Crippen LogP contribution >= 0.6 is 11.3 Å². The smallest absolute Gasteiger partial charge is 0.144 e. The molecule has 1 aliphatic rings. The maximum Gasteiger partial charge on any atom is 0.144 e. The molecule has 6 heteroatoms.